The van der Waals surface area contributed by atoms with Crippen molar-refractivity contribution >= 4 is 51.8 Å². The zero-order valence-corrected chi connectivity index (χ0v) is 16.0. The van der Waals surface area contributed by atoms with Gasteiger partial charge in [-0.1, -0.05) is 59.8 Å². The number of thioether (sulfide) groups is 1. The van der Waals surface area contributed by atoms with Crippen molar-refractivity contribution in [2.45, 2.75) is 24.8 Å². The van der Waals surface area contributed by atoms with Crippen molar-refractivity contribution < 1.29 is 9.13 Å². The van der Waals surface area contributed by atoms with Crippen LogP contribution in [0.4, 0.5) is 10.1 Å². The Bertz CT molecular complexity index is 822. The van der Waals surface area contributed by atoms with Gasteiger partial charge in [0.2, 0.25) is 0 Å². The molecule has 1 heterocycles. The molecule has 0 spiro atoms. The first-order chi connectivity index (χ1) is 11.8. The highest BCUT2D eigenvalue weighted by Crippen LogP contribution is 2.43. The van der Waals surface area contributed by atoms with E-state index in [9.17, 15) is 9.60 Å². The number of anilines is 1. The van der Waals surface area contributed by atoms with Crippen molar-refractivity contribution in [3.05, 3.63) is 70.1 Å². The average Bonchev–Trinajstić information content (AvgIpc) is 2.80. The topological polar surface area (TPSA) is 29.3 Å². The van der Waals surface area contributed by atoms with Crippen LogP contribution in [0.5, 0.6) is 0 Å². The highest BCUT2D eigenvalue weighted by molar-refractivity contribution is 8.24. The molecular formula is C18H16ClFN2OS2. The van der Waals surface area contributed by atoms with Crippen LogP contribution in [0.25, 0.3) is 0 Å². The minimum Gasteiger partial charge on any atom is -0.622 e. The Hall–Kier alpha value is -1.63. The van der Waals surface area contributed by atoms with Crippen molar-refractivity contribution in [1.82, 2.24) is 0 Å². The van der Waals surface area contributed by atoms with Gasteiger partial charge in [0, 0.05) is 5.69 Å². The summed E-state index contributed by atoms with van der Waals surface area (Å²) in [5, 5.41) is 13.2. The summed E-state index contributed by atoms with van der Waals surface area (Å²) in [6.45, 7) is 3.89. The molecule has 1 atom stereocenters. The number of para-hydroxylation sites is 1. The maximum Gasteiger partial charge on any atom is 0.258 e. The van der Waals surface area contributed by atoms with Gasteiger partial charge in [-0.05, 0) is 38.1 Å². The van der Waals surface area contributed by atoms with Crippen molar-refractivity contribution in [2.24, 2.45) is 0 Å². The van der Waals surface area contributed by atoms with Crippen LogP contribution in [0.2, 0.25) is 5.02 Å². The van der Waals surface area contributed by atoms with Crippen molar-refractivity contribution in [2.75, 3.05) is 4.90 Å². The van der Waals surface area contributed by atoms with Crippen LogP contribution in [-0.2, 0) is 0 Å². The molecule has 0 saturated carbocycles. The van der Waals surface area contributed by atoms with E-state index in [4.69, 9.17) is 23.8 Å². The van der Waals surface area contributed by atoms with Crippen molar-refractivity contribution in [1.29, 1.82) is 0 Å². The van der Waals surface area contributed by atoms with Gasteiger partial charge in [-0.25, -0.2) is 4.39 Å². The van der Waals surface area contributed by atoms with E-state index in [1.54, 1.807) is 11.0 Å². The van der Waals surface area contributed by atoms with Gasteiger partial charge < -0.3 is 5.21 Å². The number of nitrogens with zero attached hydrogens (tertiary/aromatic N) is 2. The van der Waals surface area contributed by atoms with Gasteiger partial charge >= 0.3 is 0 Å². The summed E-state index contributed by atoms with van der Waals surface area (Å²) in [7, 11) is 0. The summed E-state index contributed by atoms with van der Waals surface area (Å²) in [4.78, 5) is 1.80. The van der Waals surface area contributed by atoms with E-state index in [1.165, 1.54) is 30.1 Å². The van der Waals surface area contributed by atoms with Gasteiger partial charge in [0.15, 0.2) is 6.21 Å². The smallest absolute Gasteiger partial charge is 0.258 e. The normalized spacial score (nSPS) is 20.2. The number of hydroxylamine groups is 1. The molecule has 1 unspecified atom stereocenters. The Morgan fingerprint density at radius 3 is 2.56 bits per heavy atom. The molecule has 0 amide bonds. The molecule has 2 aromatic carbocycles. The highest BCUT2D eigenvalue weighted by atomic mass is 35.5. The first kappa shape index (κ1) is 18.2. The molecule has 0 bridgehead atoms. The zero-order valence-electron chi connectivity index (χ0n) is 13.6. The Balaban J connectivity index is 2.08. The maximum absolute atomic E-state index is 14.1. The lowest BCUT2D eigenvalue weighted by Gasteiger charge is -2.29. The SMILES string of the molecule is CC1(C)SC(=S)N(c2ccccc2)C1[N+]([O-])=Cc1c(F)cccc1Cl. The van der Waals surface area contributed by atoms with E-state index in [0.29, 0.717) is 4.32 Å². The number of thiocarbonyl (C=S) groups is 1. The monoisotopic (exact) mass is 394 g/mol. The number of halogens is 2. The van der Waals surface area contributed by atoms with Crippen LogP contribution in [0.15, 0.2) is 48.5 Å². The van der Waals surface area contributed by atoms with Crippen LogP contribution < -0.4 is 4.90 Å². The molecule has 3 rings (SSSR count). The molecule has 2 aromatic rings. The molecule has 130 valence electrons. The first-order valence-corrected chi connectivity index (χ1v) is 9.23. The third-order valence-corrected chi connectivity index (χ3v) is 5.83. The molecule has 0 radical (unpaired) electrons. The molecule has 1 aliphatic rings. The fourth-order valence-electron chi connectivity index (χ4n) is 2.82. The zero-order chi connectivity index (χ0) is 18.2. The number of hydrogen-bond donors (Lipinski definition) is 0. The summed E-state index contributed by atoms with van der Waals surface area (Å²) < 4.78 is 14.9. The van der Waals surface area contributed by atoms with E-state index in [-0.39, 0.29) is 10.6 Å². The largest absolute Gasteiger partial charge is 0.622 e. The van der Waals surface area contributed by atoms with Gasteiger partial charge in [-0.3, -0.25) is 4.90 Å². The van der Waals surface area contributed by atoms with E-state index in [0.717, 1.165) is 10.4 Å². The number of rotatable bonds is 3. The Morgan fingerprint density at radius 2 is 1.92 bits per heavy atom. The van der Waals surface area contributed by atoms with Gasteiger partial charge in [0.25, 0.3) is 6.17 Å². The fourth-order valence-corrected chi connectivity index (χ4v) is 4.95. The minimum absolute atomic E-state index is 0.0748. The summed E-state index contributed by atoms with van der Waals surface area (Å²) in [6.07, 6.45) is 0.581. The Kier molecular flexibility index (Phi) is 5.04. The van der Waals surface area contributed by atoms with Crippen LogP contribution in [0.1, 0.15) is 19.4 Å². The van der Waals surface area contributed by atoms with E-state index >= 15 is 0 Å². The molecule has 1 fully saturated rings. The van der Waals surface area contributed by atoms with Gasteiger partial charge in [0.1, 0.15) is 14.9 Å². The van der Waals surface area contributed by atoms with Crippen LogP contribution in [0, 0.1) is 11.0 Å². The average molecular weight is 395 g/mol. The van der Waals surface area contributed by atoms with E-state index in [2.05, 4.69) is 0 Å². The molecule has 0 aliphatic carbocycles. The molecule has 3 nitrogen and oxygen atoms in total. The lowest BCUT2D eigenvalue weighted by atomic mass is 10.1. The van der Waals surface area contributed by atoms with Gasteiger partial charge in [0.05, 0.1) is 10.6 Å². The highest BCUT2D eigenvalue weighted by Gasteiger charge is 2.51. The molecule has 1 saturated heterocycles. The Labute approximate surface area is 160 Å². The second kappa shape index (κ2) is 6.94. The second-order valence-corrected chi connectivity index (χ2v) is 8.87. The predicted octanol–water partition coefficient (Wildman–Crippen LogP) is 5.05. The van der Waals surface area contributed by atoms with E-state index < -0.39 is 16.7 Å². The minimum atomic E-state index is -0.622. The molecule has 0 N–H and O–H groups in total. The summed E-state index contributed by atoms with van der Waals surface area (Å²) in [5.74, 6) is -0.536. The standard InChI is InChI=1S/C18H16ClFN2OS2/c1-18(2)16(21(23)11-13-14(19)9-6-10-15(13)20)22(17(24)25-18)12-7-4-3-5-8-12/h3-11,16H,1-2H3. The summed E-state index contributed by atoms with van der Waals surface area (Å²) >= 11 is 13.0. The maximum atomic E-state index is 14.1. The Morgan fingerprint density at radius 1 is 1.24 bits per heavy atom. The lowest BCUT2D eigenvalue weighted by molar-refractivity contribution is -0.497. The summed E-state index contributed by atoms with van der Waals surface area (Å²) in [6, 6.07) is 13.8. The van der Waals surface area contributed by atoms with E-state index in [1.807, 2.05) is 44.2 Å². The van der Waals surface area contributed by atoms with Crippen LogP contribution >= 0.6 is 35.6 Å². The molecule has 1 aliphatic heterocycles. The molecule has 0 aromatic heterocycles. The third-order valence-electron chi connectivity index (χ3n) is 3.94. The third kappa shape index (κ3) is 3.52. The van der Waals surface area contributed by atoms with Gasteiger partial charge in [-0.15, -0.1) is 0 Å². The lowest BCUT2D eigenvalue weighted by Crippen LogP contribution is -2.48. The molecule has 7 heteroatoms. The molecular weight excluding hydrogens is 379 g/mol. The van der Waals surface area contributed by atoms with Crippen LogP contribution in [-0.4, -0.2) is 26.2 Å². The fraction of sp³-hybridized carbons (Fsp3) is 0.222. The summed E-state index contributed by atoms with van der Waals surface area (Å²) in [5.41, 5.74) is 0.898. The number of benzene rings is 2. The quantitative estimate of drug-likeness (QED) is 0.239. The first-order valence-electron chi connectivity index (χ1n) is 7.63. The molecule has 25 heavy (non-hydrogen) atoms. The predicted molar refractivity (Wildman–Crippen MR) is 107 cm³/mol. The number of hydrogen-bond acceptors (Lipinski definition) is 3. The van der Waals surface area contributed by atoms with Crippen LogP contribution in [0.3, 0.4) is 0 Å². The van der Waals surface area contributed by atoms with Gasteiger partial charge in [-0.2, -0.15) is 4.74 Å². The second-order valence-electron chi connectivity index (χ2n) is 6.17. The van der Waals surface area contributed by atoms with Crippen molar-refractivity contribution in [3.63, 3.8) is 0 Å². The van der Waals surface area contributed by atoms with Crippen molar-refractivity contribution in [3.8, 4) is 0 Å².